The third-order valence-corrected chi connectivity index (χ3v) is 4.46. The average molecular weight is 286 g/mol. The van der Waals surface area contributed by atoms with Crippen molar-refractivity contribution >= 4 is 22.8 Å². The first-order chi connectivity index (χ1) is 10.2. The number of aromatic nitrogens is 4. The Morgan fingerprint density at radius 3 is 2.76 bits per heavy atom. The highest BCUT2D eigenvalue weighted by Gasteiger charge is 2.37. The molecule has 1 amide bonds. The van der Waals surface area contributed by atoms with Crippen LogP contribution in [0, 0.1) is 5.92 Å². The summed E-state index contributed by atoms with van der Waals surface area (Å²) in [6.45, 7) is 3.35. The Morgan fingerprint density at radius 1 is 1.24 bits per heavy atom. The Hall–Kier alpha value is -2.18. The van der Waals surface area contributed by atoms with E-state index in [1.54, 1.807) is 17.2 Å². The highest BCUT2D eigenvalue weighted by molar-refractivity contribution is 5.89. The Bertz CT molecular complexity index is 684. The van der Waals surface area contributed by atoms with Gasteiger partial charge < -0.3 is 9.80 Å². The zero-order valence-corrected chi connectivity index (χ0v) is 12.1. The quantitative estimate of drug-likeness (QED) is 0.800. The van der Waals surface area contributed by atoms with Crippen LogP contribution in [0.2, 0.25) is 0 Å². The monoisotopic (exact) mass is 286 g/mol. The molecule has 2 saturated heterocycles. The van der Waals surface area contributed by atoms with Gasteiger partial charge >= 0.3 is 0 Å². The van der Waals surface area contributed by atoms with Gasteiger partial charge in [-0.05, 0) is 12.8 Å². The number of nitrogens with zero attached hydrogens (tertiary/aromatic N) is 6. The van der Waals surface area contributed by atoms with Crippen molar-refractivity contribution in [3.05, 3.63) is 12.5 Å². The molecule has 7 nitrogen and oxygen atoms in total. The van der Waals surface area contributed by atoms with Crippen LogP contribution in [0.4, 0.5) is 5.82 Å². The Balaban J connectivity index is 1.50. The lowest BCUT2D eigenvalue weighted by atomic mass is 9.98. The number of likely N-dealkylation sites (tertiary alicyclic amines) is 1. The predicted molar refractivity (Wildman–Crippen MR) is 77.8 cm³/mol. The van der Waals surface area contributed by atoms with Crippen molar-refractivity contribution in [1.82, 2.24) is 24.6 Å². The molecule has 110 valence electrons. The summed E-state index contributed by atoms with van der Waals surface area (Å²) in [6, 6.07) is 0. The minimum absolute atomic E-state index is 0.116. The van der Waals surface area contributed by atoms with Gasteiger partial charge in [0.25, 0.3) is 0 Å². The summed E-state index contributed by atoms with van der Waals surface area (Å²) in [6.07, 6.45) is 5.64. The molecule has 0 aromatic carbocycles. The summed E-state index contributed by atoms with van der Waals surface area (Å²) >= 11 is 0. The number of carbonyl (C=O) groups excluding carboxylic acids is 1. The fraction of sp³-hybridized carbons (Fsp3) is 0.571. The normalized spacial score (nSPS) is 19.3. The molecule has 2 aliphatic rings. The minimum Gasteiger partial charge on any atom is -0.354 e. The van der Waals surface area contributed by atoms with Gasteiger partial charge in [0.2, 0.25) is 5.91 Å². The van der Waals surface area contributed by atoms with E-state index in [9.17, 15) is 4.79 Å². The molecule has 2 aliphatic heterocycles. The van der Waals surface area contributed by atoms with E-state index in [0.717, 1.165) is 55.9 Å². The summed E-state index contributed by atoms with van der Waals surface area (Å²) in [5.74, 6) is 1.31. The number of aryl methyl sites for hydroxylation is 1. The van der Waals surface area contributed by atoms with Crippen LogP contribution in [0.5, 0.6) is 0 Å². The fourth-order valence-electron chi connectivity index (χ4n) is 3.21. The lowest BCUT2D eigenvalue weighted by Crippen LogP contribution is -2.54. The summed E-state index contributed by atoms with van der Waals surface area (Å²) in [4.78, 5) is 25.1. The van der Waals surface area contributed by atoms with Crippen LogP contribution in [0.25, 0.3) is 11.0 Å². The van der Waals surface area contributed by atoms with E-state index >= 15 is 0 Å². The Kier molecular flexibility index (Phi) is 2.80. The van der Waals surface area contributed by atoms with E-state index in [2.05, 4.69) is 20.0 Å². The molecule has 0 aliphatic carbocycles. The molecule has 7 heteroatoms. The van der Waals surface area contributed by atoms with Gasteiger partial charge in [-0.2, -0.15) is 5.10 Å². The second kappa shape index (κ2) is 4.68. The maximum absolute atomic E-state index is 12.3. The van der Waals surface area contributed by atoms with Gasteiger partial charge in [0.05, 0.1) is 17.5 Å². The molecule has 0 saturated carbocycles. The molecule has 2 aromatic rings. The molecule has 21 heavy (non-hydrogen) atoms. The van der Waals surface area contributed by atoms with Crippen LogP contribution < -0.4 is 4.90 Å². The third-order valence-electron chi connectivity index (χ3n) is 4.46. The first-order valence-corrected chi connectivity index (χ1v) is 7.40. The van der Waals surface area contributed by atoms with E-state index in [1.807, 2.05) is 11.9 Å². The minimum atomic E-state index is 0.116. The highest BCUT2D eigenvalue weighted by Crippen LogP contribution is 2.29. The lowest BCUT2D eigenvalue weighted by molar-refractivity contribution is -0.135. The molecule has 0 bridgehead atoms. The Morgan fingerprint density at radius 2 is 2.00 bits per heavy atom. The van der Waals surface area contributed by atoms with E-state index < -0.39 is 0 Å². The summed E-state index contributed by atoms with van der Waals surface area (Å²) in [7, 11) is 1.87. The molecule has 0 spiro atoms. The van der Waals surface area contributed by atoms with Crippen molar-refractivity contribution in [2.45, 2.75) is 12.8 Å². The second-order valence-corrected chi connectivity index (χ2v) is 5.84. The summed E-state index contributed by atoms with van der Waals surface area (Å²) < 4.78 is 1.74. The number of anilines is 1. The molecule has 0 radical (unpaired) electrons. The van der Waals surface area contributed by atoms with Crippen LogP contribution >= 0.6 is 0 Å². The van der Waals surface area contributed by atoms with Crippen molar-refractivity contribution in [2.24, 2.45) is 13.0 Å². The standard InChI is InChI=1S/C14H18N6O/c1-18-12-11(6-17-18)13(16-9-15-12)20-7-10(8-20)14(21)19-4-2-3-5-19/h6,9-10H,2-5,7-8H2,1H3. The zero-order valence-electron chi connectivity index (χ0n) is 12.1. The number of carbonyl (C=O) groups is 1. The first kappa shape index (κ1) is 12.6. The molecule has 2 aromatic heterocycles. The molecule has 0 unspecified atom stereocenters. The molecule has 2 fully saturated rings. The van der Waals surface area contributed by atoms with Gasteiger partial charge in [-0.3, -0.25) is 9.48 Å². The van der Waals surface area contributed by atoms with Gasteiger partial charge in [-0.25, -0.2) is 9.97 Å². The van der Waals surface area contributed by atoms with Crippen molar-refractivity contribution in [1.29, 1.82) is 0 Å². The van der Waals surface area contributed by atoms with Crippen LogP contribution in [0.1, 0.15) is 12.8 Å². The predicted octanol–water partition coefficient (Wildman–Crippen LogP) is 0.422. The smallest absolute Gasteiger partial charge is 0.229 e. The third kappa shape index (κ3) is 1.95. The maximum Gasteiger partial charge on any atom is 0.229 e. The number of hydrogen-bond donors (Lipinski definition) is 0. The zero-order chi connectivity index (χ0) is 14.4. The maximum atomic E-state index is 12.3. The molecule has 4 rings (SSSR count). The molecular weight excluding hydrogens is 268 g/mol. The Labute approximate surface area is 122 Å². The second-order valence-electron chi connectivity index (χ2n) is 5.84. The van der Waals surface area contributed by atoms with E-state index in [0.29, 0.717) is 5.91 Å². The molecule has 4 heterocycles. The van der Waals surface area contributed by atoms with E-state index in [-0.39, 0.29) is 5.92 Å². The van der Waals surface area contributed by atoms with Gasteiger partial charge in [0, 0.05) is 33.2 Å². The SMILES string of the molecule is Cn1ncc2c(N3CC(C(=O)N4CCCC4)C3)ncnc21. The van der Waals surface area contributed by atoms with Crippen molar-refractivity contribution in [2.75, 3.05) is 31.1 Å². The molecule has 0 N–H and O–H groups in total. The number of rotatable bonds is 2. The summed E-state index contributed by atoms with van der Waals surface area (Å²) in [5.41, 5.74) is 0.828. The van der Waals surface area contributed by atoms with Gasteiger partial charge in [-0.1, -0.05) is 0 Å². The molecule has 0 atom stereocenters. The largest absolute Gasteiger partial charge is 0.354 e. The number of hydrogen-bond acceptors (Lipinski definition) is 5. The van der Waals surface area contributed by atoms with Crippen molar-refractivity contribution < 1.29 is 4.79 Å². The van der Waals surface area contributed by atoms with Crippen LogP contribution in [0.3, 0.4) is 0 Å². The van der Waals surface area contributed by atoms with Gasteiger partial charge in [0.1, 0.15) is 12.1 Å². The van der Waals surface area contributed by atoms with Crippen LogP contribution in [-0.4, -0.2) is 56.7 Å². The number of fused-ring (bicyclic) bond motifs is 1. The molecular formula is C14H18N6O. The van der Waals surface area contributed by atoms with Crippen molar-refractivity contribution in [3.8, 4) is 0 Å². The van der Waals surface area contributed by atoms with Crippen LogP contribution in [-0.2, 0) is 11.8 Å². The van der Waals surface area contributed by atoms with Crippen molar-refractivity contribution in [3.63, 3.8) is 0 Å². The number of amides is 1. The fourth-order valence-corrected chi connectivity index (χ4v) is 3.21. The van der Waals surface area contributed by atoms with Crippen LogP contribution in [0.15, 0.2) is 12.5 Å². The van der Waals surface area contributed by atoms with Gasteiger partial charge in [0.15, 0.2) is 5.65 Å². The first-order valence-electron chi connectivity index (χ1n) is 7.40. The average Bonchev–Trinajstić information content (AvgIpc) is 3.08. The lowest BCUT2D eigenvalue weighted by Gasteiger charge is -2.40. The van der Waals surface area contributed by atoms with Gasteiger partial charge in [-0.15, -0.1) is 0 Å². The van der Waals surface area contributed by atoms with E-state index in [4.69, 9.17) is 0 Å². The topological polar surface area (TPSA) is 67.2 Å². The highest BCUT2D eigenvalue weighted by atomic mass is 16.2. The van der Waals surface area contributed by atoms with E-state index in [1.165, 1.54) is 0 Å². The summed E-state index contributed by atoms with van der Waals surface area (Å²) in [5, 5.41) is 5.18.